The van der Waals surface area contributed by atoms with Crippen molar-refractivity contribution < 1.29 is 8.42 Å². The predicted molar refractivity (Wildman–Crippen MR) is 85.4 cm³/mol. The molecule has 0 heterocycles. The van der Waals surface area contributed by atoms with Gasteiger partial charge in [-0.05, 0) is 36.4 Å². The highest BCUT2D eigenvalue weighted by Crippen LogP contribution is 2.20. The summed E-state index contributed by atoms with van der Waals surface area (Å²) >= 11 is 0. The smallest absolute Gasteiger partial charge is 0.206 e. The monoisotopic (exact) mass is 293 g/mol. The molecule has 0 spiro atoms. The van der Waals surface area contributed by atoms with Crippen LogP contribution in [0.25, 0.3) is 0 Å². The van der Waals surface area contributed by atoms with Crippen LogP contribution >= 0.6 is 0 Å². The number of nitrogens with two attached hydrogens (primary N) is 1. The molecule has 0 aliphatic heterocycles. The van der Waals surface area contributed by atoms with E-state index in [0.717, 1.165) is 0 Å². The zero-order chi connectivity index (χ0) is 15.6. The highest BCUT2D eigenvalue weighted by Gasteiger charge is 2.16. The Morgan fingerprint density at radius 2 is 1.10 bits per heavy atom. The lowest BCUT2D eigenvalue weighted by molar-refractivity contribution is 0.596. The minimum Gasteiger partial charge on any atom is -0.399 e. The molecule has 0 fully saturated rings. The average Bonchev–Trinajstić information content (AvgIpc) is 2.52. The van der Waals surface area contributed by atoms with Gasteiger partial charge >= 0.3 is 0 Å². The van der Waals surface area contributed by atoms with E-state index >= 15 is 0 Å². The molecule has 2 N–H and O–H groups in total. The Morgan fingerprint density at radius 1 is 0.700 bits per heavy atom. The summed E-state index contributed by atoms with van der Waals surface area (Å²) in [6, 6.07) is 14.5. The first-order valence-corrected chi connectivity index (χ1v) is 8.25. The van der Waals surface area contributed by atoms with Gasteiger partial charge in [-0.25, -0.2) is 8.42 Å². The third-order valence-electron chi connectivity index (χ3n) is 2.24. The van der Waals surface area contributed by atoms with Gasteiger partial charge < -0.3 is 5.73 Å². The van der Waals surface area contributed by atoms with Crippen molar-refractivity contribution in [1.29, 1.82) is 0 Å². The van der Waals surface area contributed by atoms with Crippen molar-refractivity contribution in [3.05, 3.63) is 54.6 Å². The highest BCUT2D eigenvalue weighted by atomic mass is 32.2. The molecule has 4 heteroatoms. The molecule has 0 bridgehead atoms. The van der Waals surface area contributed by atoms with Crippen LogP contribution in [0.2, 0.25) is 0 Å². The predicted octanol–water partition coefficient (Wildman–Crippen LogP) is 4.15. The van der Waals surface area contributed by atoms with E-state index in [4.69, 9.17) is 5.73 Å². The van der Waals surface area contributed by atoms with Crippen molar-refractivity contribution in [3.8, 4) is 0 Å². The molecule has 0 aliphatic rings. The number of nitrogen functional groups attached to an aromatic ring is 1. The summed E-state index contributed by atoms with van der Waals surface area (Å²) in [6.45, 7) is 8.00. The molecule has 0 unspecified atom stereocenters. The molecule has 2 aromatic carbocycles. The molecule has 110 valence electrons. The summed E-state index contributed by atoms with van der Waals surface area (Å²) in [5.41, 5.74) is 6.06. The molecule has 0 aliphatic carbocycles. The SMILES string of the molecule is CC.CC.Nc1ccc(S(=O)(=O)c2ccccc2)cc1. The molecule has 2 rings (SSSR count). The van der Waals surface area contributed by atoms with Gasteiger partial charge in [0.2, 0.25) is 9.84 Å². The topological polar surface area (TPSA) is 60.2 Å². The van der Waals surface area contributed by atoms with E-state index in [0.29, 0.717) is 10.6 Å². The highest BCUT2D eigenvalue weighted by molar-refractivity contribution is 7.91. The van der Waals surface area contributed by atoms with Gasteiger partial charge in [0.1, 0.15) is 0 Å². The fourth-order valence-corrected chi connectivity index (χ4v) is 2.66. The molecule has 0 atom stereocenters. The van der Waals surface area contributed by atoms with Crippen LogP contribution in [0, 0.1) is 0 Å². The zero-order valence-electron chi connectivity index (χ0n) is 12.5. The van der Waals surface area contributed by atoms with Crippen molar-refractivity contribution in [2.24, 2.45) is 0 Å². The Labute approximate surface area is 122 Å². The largest absolute Gasteiger partial charge is 0.399 e. The maximum atomic E-state index is 12.1. The number of rotatable bonds is 2. The summed E-state index contributed by atoms with van der Waals surface area (Å²) in [4.78, 5) is 0.549. The second kappa shape index (κ2) is 9.15. The van der Waals surface area contributed by atoms with Crippen LogP contribution in [-0.4, -0.2) is 8.42 Å². The molecule has 0 aromatic heterocycles. The summed E-state index contributed by atoms with van der Waals surface area (Å²) in [5, 5.41) is 0. The summed E-state index contributed by atoms with van der Waals surface area (Å²) in [5.74, 6) is 0. The van der Waals surface area contributed by atoms with E-state index in [2.05, 4.69) is 0 Å². The second-order valence-electron chi connectivity index (χ2n) is 3.39. The average molecular weight is 293 g/mol. The third-order valence-corrected chi connectivity index (χ3v) is 4.03. The fraction of sp³-hybridized carbons (Fsp3) is 0.250. The Morgan fingerprint density at radius 3 is 1.55 bits per heavy atom. The number of hydrogen-bond donors (Lipinski definition) is 1. The van der Waals surface area contributed by atoms with Crippen LogP contribution in [0.3, 0.4) is 0 Å². The van der Waals surface area contributed by atoms with Gasteiger partial charge in [-0.1, -0.05) is 45.9 Å². The van der Waals surface area contributed by atoms with E-state index in [9.17, 15) is 8.42 Å². The lowest BCUT2D eigenvalue weighted by atomic mass is 10.3. The first-order valence-electron chi connectivity index (χ1n) is 6.76. The molecular formula is C16H23NO2S. The van der Waals surface area contributed by atoms with Gasteiger partial charge in [0, 0.05) is 5.69 Å². The van der Waals surface area contributed by atoms with Crippen molar-refractivity contribution in [3.63, 3.8) is 0 Å². The Hall–Kier alpha value is -1.81. The van der Waals surface area contributed by atoms with Gasteiger partial charge in [0.05, 0.1) is 9.79 Å². The third kappa shape index (κ3) is 4.70. The molecule has 0 radical (unpaired) electrons. The number of hydrogen-bond acceptors (Lipinski definition) is 3. The first-order chi connectivity index (χ1) is 9.60. The molecule has 0 amide bonds. The van der Waals surface area contributed by atoms with Gasteiger partial charge in [-0.2, -0.15) is 0 Å². The summed E-state index contributed by atoms with van der Waals surface area (Å²) < 4.78 is 24.2. The molecule has 20 heavy (non-hydrogen) atoms. The van der Waals surface area contributed by atoms with Gasteiger partial charge in [0.15, 0.2) is 0 Å². The van der Waals surface area contributed by atoms with Crippen molar-refractivity contribution in [1.82, 2.24) is 0 Å². The molecule has 2 aromatic rings. The Bertz CT molecular complexity index is 576. The first kappa shape index (κ1) is 18.2. The lowest BCUT2D eigenvalue weighted by Crippen LogP contribution is -2.01. The maximum absolute atomic E-state index is 12.1. The van der Waals surface area contributed by atoms with E-state index in [-0.39, 0.29) is 4.90 Å². The molecule has 3 nitrogen and oxygen atoms in total. The van der Waals surface area contributed by atoms with Crippen LogP contribution in [0.15, 0.2) is 64.4 Å². The quantitative estimate of drug-likeness (QED) is 0.846. The van der Waals surface area contributed by atoms with Crippen molar-refractivity contribution in [2.75, 3.05) is 5.73 Å². The zero-order valence-corrected chi connectivity index (χ0v) is 13.3. The molecular weight excluding hydrogens is 270 g/mol. The van der Waals surface area contributed by atoms with Gasteiger partial charge in [-0.3, -0.25) is 0 Å². The Balaban J connectivity index is 0.000000829. The fourth-order valence-electron chi connectivity index (χ4n) is 1.38. The lowest BCUT2D eigenvalue weighted by Gasteiger charge is -2.04. The molecule has 0 saturated carbocycles. The van der Waals surface area contributed by atoms with Crippen LogP contribution in [-0.2, 0) is 9.84 Å². The van der Waals surface area contributed by atoms with Crippen molar-refractivity contribution >= 4 is 15.5 Å². The number of benzene rings is 2. The van der Waals surface area contributed by atoms with Crippen LogP contribution in [0.4, 0.5) is 5.69 Å². The van der Waals surface area contributed by atoms with Gasteiger partial charge in [0.25, 0.3) is 0 Å². The maximum Gasteiger partial charge on any atom is 0.206 e. The second-order valence-corrected chi connectivity index (χ2v) is 5.34. The van der Waals surface area contributed by atoms with Crippen molar-refractivity contribution in [2.45, 2.75) is 37.5 Å². The van der Waals surface area contributed by atoms with Gasteiger partial charge in [-0.15, -0.1) is 0 Å². The number of anilines is 1. The summed E-state index contributed by atoms with van der Waals surface area (Å²) in [6.07, 6.45) is 0. The van der Waals surface area contributed by atoms with Crippen LogP contribution in [0.1, 0.15) is 27.7 Å². The minimum absolute atomic E-state index is 0.257. The van der Waals surface area contributed by atoms with Crippen LogP contribution in [0.5, 0.6) is 0 Å². The summed E-state index contributed by atoms with van der Waals surface area (Å²) in [7, 11) is -3.41. The van der Waals surface area contributed by atoms with E-state index in [1.165, 1.54) is 12.1 Å². The van der Waals surface area contributed by atoms with E-state index in [1.54, 1.807) is 42.5 Å². The van der Waals surface area contributed by atoms with Crippen LogP contribution < -0.4 is 5.73 Å². The number of sulfone groups is 1. The molecule has 0 saturated heterocycles. The normalized spacial score (nSPS) is 9.60. The Kier molecular flexibility index (Phi) is 8.32. The standard InChI is InChI=1S/C12H11NO2S.2C2H6/c13-10-6-8-12(9-7-10)16(14,15)11-4-2-1-3-5-11;2*1-2/h1-9H,13H2;2*1-2H3. The minimum atomic E-state index is -3.41. The van der Waals surface area contributed by atoms with E-state index < -0.39 is 9.84 Å². The van der Waals surface area contributed by atoms with E-state index in [1.807, 2.05) is 27.7 Å².